The second-order valence-corrected chi connectivity index (χ2v) is 6.52. The number of rotatable bonds is 5. The number of benzene rings is 2. The number of hydrazine groups is 1. The van der Waals surface area contributed by atoms with Crippen LogP contribution < -0.4 is 10.9 Å². The monoisotopic (exact) mass is 366 g/mol. The van der Waals surface area contributed by atoms with E-state index >= 15 is 0 Å². The smallest absolute Gasteiger partial charge is 0.305 e. The fourth-order valence-corrected chi connectivity index (χ4v) is 2.65. The molecule has 140 valence electrons. The summed E-state index contributed by atoms with van der Waals surface area (Å²) in [5.74, 6) is -0.731. The van der Waals surface area contributed by atoms with E-state index in [2.05, 4.69) is 10.9 Å². The van der Waals surface area contributed by atoms with Gasteiger partial charge in [-0.05, 0) is 44.5 Å². The predicted molar refractivity (Wildman–Crippen MR) is 102 cm³/mol. The molecule has 2 N–H and O–H groups in total. The molecule has 1 heterocycles. The third-order valence-corrected chi connectivity index (χ3v) is 4.14. The van der Waals surface area contributed by atoms with Crippen molar-refractivity contribution >= 4 is 22.8 Å². The maximum absolute atomic E-state index is 12.3. The Morgan fingerprint density at radius 2 is 1.67 bits per heavy atom. The standard InChI is InChI=1S/C21H22N2O4/c1-13(2)26-12-15-8-10-16(11-9-15)20(24)22-23-21(25)19-14(3)17-6-4-5-7-18(17)27-19/h4-11,13H,12H2,1-3H3,(H,22,24)(H,23,25). The summed E-state index contributed by atoms with van der Waals surface area (Å²) >= 11 is 0. The van der Waals surface area contributed by atoms with E-state index in [0.717, 1.165) is 16.5 Å². The van der Waals surface area contributed by atoms with E-state index in [1.165, 1.54) is 0 Å². The molecular formula is C21H22N2O4. The molecule has 0 aliphatic heterocycles. The van der Waals surface area contributed by atoms with E-state index in [1.54, 1.807) is 25.1 Å². The van der Waals surface area contributed by atoms with E-state index in [-0.39, 0.29) is 11.9 Å². The first kappa shape index (κ1) is 18.7. The Labute approximate surface area is 157 Å². The zero-order chi connectivity index (χ0) is 19.4. The normalized spacial score (nSPS) is 11.0. The number of carbonyl (C=O) groups excluding carboxylic acids is 2. The molecular weight excluding hydrogens is 344 g/mol. The molecule has 0 aliphatic carbocycles. The van der Waals surface area contributed by atoms with Crippen molar-refractivity contribution in [3.8, 4) is 0 Å². The van der Waals surface area contributed by atoms with E-state index in [1.807, 2.05) is 44.2 Å². The molecule has 0 spiro atoms. The quantitative estimate of drug-likeness (QED) is 0.674. The zero-order valence-electron chi connectivity index (χ0n) is 15.5. The van der Waals surface area contributed by atoms with Crippen LogP contribution in [0.5, 0.6) is 0 Å². The number of ether oxygens (including phenoxy) is 1. The van der Waals surface area contributed by atoms with Crippen molar-refractivity contribution in [1.29, 1.82) is 0 Å². The maximum Gasteiger partial charge on any atom is 0.305 e. The van der Waals surface area contributed by atoms with E-state index in [4.69, 9.17) is 9.15 Å². The van der Waals surface area contributed by atoms with Crippen LogP contribution in [0.15, 0.2) is 52.9 Å². The SMILES string of the molecule is Cc1c(C(=O)NNC(=O)c2ccc(COC(C)C)cc2)oc2ccccc12. The molecule has 0 saturated carbocycles. The van der Waals surface area contributed by atoms with Crippen molar-refractivity contribution < 1.29 is 18.7 Å². The molecule has 0 fully saturated rings. The maximum atomic E-state index is 12.3. The highest BCUT2D eigenvalue weighted by molar-refractivity contribution is 6.01. The summed E-state index contributed by atoms with van der Waals surface area (Å²) in [6.45, 7) is 6.23. The summed E-state index contributed by atoms with van der Waals surface area (Å²) in [7, 11) is 0. The van der Waals surface area contributed by atoms with Gasteiger partial charge in [-0.3, -0.25) is 20.4 Å². The van der Waals surface area contributed by atoms with Crippen molar-refractivity contribution in [3.05, 3.63) is 71.0 Å². The Morgan fingerprint density at radius 1 is 1.00 bits per heavy atom. The molecule has 27 heavy (non-hydrogen) atoms. The number of fused-ring (bicyclic) bond motifs is 1. The third kappa shape index (κ3) is 4.35. The fourth-order valence-electron chi connectivity index (χ4n) is 2.65. The van der Waals surface area contributed by atoms with Crippen LogP contribution in [0.1, 0.15) is 45.9 Å². The van der Waals surface area contributed by atoms with Gasteiger partial charge in [0.1, 0.15) is 5.58 Å². The number of para-hydroxylation sites is 1. The van der Waals surface area contributed by atoms with Gasteiger partial charge in [-0.25, -0.2) is 0 Å². The molecule has 2 amide bonds. The molecule has 3 aromatic rings. The fraction of sp³-hybridized carbons (Fsp3) is 0.238. The Kier molecular flexibility index (Phi) is 5.57. The number of furan rings is 1. The lowest BCUT2D eigenvalue weighted by molar-refractivity contribution is 0.0656. The summed E-state index contributed by atoms with van der Waals surface area (Å²) in [5.41, 5.74) is 7.57. The average Bonchev–Trinajstić information content (AvgIpc) is 3.01. The number of nitrogens with one attached hydrogen (secondary N) is 2. The lowest BCUT2D eigenvalue weighted by Gasteiger charge is -2.09. The number of hydrogen-bond donors (Lipinski definition) is 2. The molecule has 0 radical (unpaired) electrons. The first-order valence-electron chi connectivity index (χ1n) is 8.75. The highest BCUT2D eigenvalue weighted by Crippen LogP contribution is 2.24. The molecule has 0 aliphatic rings. The summed E-state index contributed by atoms with van der Waals surface area (Å²) in [4.78, 5) is 24.6. The Morgan fingerprint density at radius 3 is 2.33 bits per heavy atom. The largest absolute Gasteiger partial charge is 0.451 e. The third-order valence-electron chi connectivity index (χ3n) is 4.14. The highest BCUT2D eigenvalue weighted by Gasteiger charge is 2.18. The van der Waals surface area contributed by atoms with Crippen LogP contribution in [0.4, 0.5) is 0 Å². The summed E-state index contributed by atoms with van der Waals surface area (Å²) < 4.78 is 11.1. The first-order valence-corrected chi connectivity index (χ1v) is 8.75. The Balaban J connectivity index is 1.61. The van der Waals surface area contributed by atoms with Crippen LogP contribution >= 0.6 is 0 Å². The second kappa shape index (κ2) is 8.05. The zero-order valence-corrected chi connectivity index (χ0v) is 15.5. The van der Waals surface area contributed by atoms with E-state index in [9.17, 15) is 9.59 Å². The molecule has 0 bridgehead atoms. The van der Waals surface area contributed by atoms with Crippen LogP contribution in [-0.2, 0) is 11.3 Å². The first-order chi connectivity index (χ1) is 13.0. The van der Waals surface area contributed by atoms with Crippen molar-refractivity contribution in [2.45, 2.75) is 33.5 Å². The predicted octanol–water partition coefficient (Wildman–Crippen LogP) is 3.74. The Hall–Kier alpha value is -3.12. The molecule has 0 atom stereocenters. The van der Waals surface area contributed by atoms with Crippen LogP contribution in [-0.4, -0.2) is 17.9 Å². The van der Waals surface area contributed by atoms with E-state index < -0.39 is 11.8 Å². The molecule has 6 heteroatoms. The highest BCUT2D eigenvalue weighted by atomic mass is 16.5. The van der Waals surface area contributed by atoms with Crippen molar-refractivity contribution in [3.63, 3.8) is 0 Å². The number of amides is 2. The summed E-state index contributed by atoms with van der Waals surface area (Å²) in [6, 6.07) is 14.4. The summed E-state index contributed by atoms with van der Waals surface area (Å²) in [5, 5.41) is 0.869. The molecule has 0 saturated heterocycles. The van der Waals surface area contributed by atoms with Crippen molar-refractivity contribution in [2.24, 2.45) is 0 Å². The molecule has 6 nitrogen and oxygen atoms in total. The molecule has 2 aromatic carbocycles. The van der Waals surface area contributed by atoms with Gasteiger partial charge in [0.25, 0.3) is 5.91 Å². The van der Waals surface area contributed by atoms with Gasteiger partial charge < -0.3 is 9.15 Å². The van der Waals surface area contributed by atoms with Gasteiger partial charge >= 0.3 is 5.91 Å². The minimum atomic E-state index is -0.501. The van der Waals surface area contributed by atoms with Gasteiger partial charge in [0.05, 0.1) is 12.7 Å². The van der Waals surface area contributed by atoms with Gasteiger partial charge in [-0.1, -0.05) is 30.3 Å². The minimum absolute atomic E-state index is 0.143. The van der Waals surface area contributed by atoms with Gasteiger partial charge in [-0.2, -0.15) is 0 Å². The topological polar surface area (TPSA) is 80.6 Å². The summed E-state index contributed by atoms with van der Waals surface area (Å²) in [6.07, 6.45) is 0.143. The lowest BCUT2D eigenvalue weighted by atomic mass is 10.1. The van der Waals surface area contributed by atoms with E-state index in [0.29, 0.717) is 17.8 Å². The molecule has 0 unspecified atom stereocenters. The van der Waals surface area contributed by atoms with Crippen LogP contribution in [0.3, 0.4) is 0 Å². The molecule has 3 rings (SSSR count). The van der Waals surface area contributed by atoms with Crippen molar-refractivity contribution in [1.82, 2.24) is 10.9 Å². The average molecular weight is 366 g/mol. The molecule has 1 aromatic heterocycles. The Bertz CT molecular complexity index is 958. The number of aryl methyl sites for hydroxylation is 1. The van der Waals surface area contributed by atoms with Gasteiger partial charge in [0, 0.05) is 16.5 Å². The van der Waals surface area contributed by atoms with Crippen LogP contribution in [0.2, 0.25) is 0 Å². The minimum Gasteiger partial charge on any atom is -0.451 e. The van der Waals surface area contributed by atoms with Gasteiger partial charge in [0.2, 0.25) is 0 Å². The van der Waals surface area contributed by atoms with Gasteiger partial charge in [0.15, 0.2) is 5.76 Å². The second-order valence-electron chi connectivity index (χ2n) is 6.52. The van der Waals surface area contributed by atoms with Crippen molar-refractivity contribution in [2.75, 3.05) is 0 Å². The number of hydrogen-bond acceptors (Lipinski definition) is 4. The van der Waals surface area contributed by atoms with Gasteiger partial charge in [-0.15, -0.1) is 0 Å². The van der Waals surface area contributed by atoms with Crippen LogP contribution in [0.25, 0.3) is 11.0 Å². The lowest BCUT2D eigenvalue weighted by Crippen LogP contribution is -2.41. The van der Waals surface area contributed by atoms with Crippen LogP contribution in [0, 0.1) is 6.92 Å². The number of carbonyl (C=O) groups is 2.